The van der Waals surface area contributed by atoms with Crippen LogP contribution in [0.4, 0.5) is 5.69 Å². The molecule has 0 saturated carbocycles. The summed E-state index contributed by atoms with van der Waals surface area (Å²) in [4.78, 5) is 4.89. The predicted octanol–water partition coefficient (Wildman–Crippen LogP) is 3.62. The van der Waals surface area contributed by atoms with Crippen molar-refractivity contribution >= 4 is 5.69 Å². The van der Waals surface area contributed by atoms with E-state index in [1.807, 2.05) is 35.9 Å². The molecule has 0 N–H and O–H groups in total. The molecule has 8 nitrogen and oxygen atoms in total. The molecule has 0 amide bonds. The van der Waals surface area contributed by atoms with Gasteiger partial charge in [-0.05, 0) is 59.3 Å². The van der Waals surface area contributed by atoms with Crippen LogP contribution in [-0.2, 0) is 6.54 Å². The smallest absolute Gasteiger partial charge is 0.173 e. The van der Waals surface area contributed by atoms with Crippen molar-refractivity contribution in [2.75, 3.05) is 37.7 Å². The normalized spacial score (nSPS) is 15.5. The molecule has 0 spiro atoms. The van der Waals surface area contributed by atoms with Gasteiger partial charge in [0, 0.05) is 31.9 Å². The number of anilines is 1. The first-order valence-corrected chi connectivity index (χ1v) is 11.4. The highest BCUT2D eigenvalue weighted by molar-refractivity contribution is 5.46. The van der Waals surface area contributed by atoms with Gasteiger partial charge in [0.1, 0.15) is 18.1 Å². The van der Waals surface area contributed by atoms with Crippen LogP contribution < -0.4 is 9.64 Å². The Bertz CT molecular complexity index is 1120. The van der Waals surface area contributed by atoms with Crippen LogP contribution >= 0.6 is 0 Å². The molecule has 33 heavy (non-hydrogen) atoms. The summed E-state index contributed by atoms with van der Waals surface area (Å²) in [6.45, 7) is 6.82. The molecular weight excluding hydrogens is 416 g/mol. The summed E-state index contributed by atoms with van der Waals surface area (Å²) in [5.74, 6) is 2.50. The molecule has 5 rings (SSSR count). The Kier molecular flexibility index (Phi) is 6.34. The lowest BCUT2D eigenvalue weighted by Crippen LogP contribution is -2.48. The zero-order valence-electron chi connectivity index (χ0n) is 18.7. The second-order valence-electron chi connectivity index (χ2n) is 8.04. The van der Waals surface area contributed by atoms with Gasteiger partial charge in [-0.2, -0.15) is 0 Å². The van der Waals surface area contributed by atoms with Gasteiger partial charge in [0.2, 0.25) is 0 Å². The van der Waals surface area contributed by atoms with E-state index in [0.29, 0.717) is 13.2 Å². The van der Waals surface area contributed by atoms with Crippen LogP contribution in [0.5, 0.6) is 5.75 Å². The van der Waals surface area contributed by atoms with Crippen molar-refractivity contribution in [1.82, 2.24) is 25.1 Å². The van der Waals surface area contributed by atoms with E-state index in [-0.39, 0.29) is 6.04 Å². The first kappa shape index (κ1) is 21.2. The molecule has 2 aromatic heterocycles. The Morgan fingerprint density at radius 3 is 2.42 bits per heavy atom. The number of hydrogen-bond acceptors (Lipinski definition) is 7. The fraction of sp³-hybridized carbons (Fsp3) is 0.320. The van der Waals surface area contributed by atoms with Gasteiger partial charge in [-0.1, -0.05) is 30.3 Å². The van der Waals surface area contributed by atoms with Crippen LogP contribution in [-0.4, -0.2) is 57.9 Å². The summed E-state index contributed by atoms with van der Waals surface area (Å²) in [6.07, 6.45) is 1.67. The summed E-state index contributed by atoms with van der Waals surface area (Å²) in [7, 11) is 0. The largest absolute Gasteiger partial charge is 0.494 e. The molecule has 1 aliphatic heterocycles. The van der Waals surface area contributed by atoms with E-state index in [0.717, 1.165) is 49.1 Å². The lowest BCUT2D eigenvalue weighted by atomic mass is 10.0. The van der Waals surface area contributed by atoms with E-state index in [2.05, 4.69) is 67.8 Å². The first-order valence-electron chi connectivity index (χ1n) is 11.4. The lowest BCUT2D eigenvalue weighted by molar-refractivity contribution is 0.200. The average molecular weight is 445 g/mol. The van der Waals surface area contributed by atoms with Crippen LogP contribution in [0.2, 0.25) is 0 Å². The molecule has 4 aromatic rings. The molecular formula is C25H28N6O2. The number of benzene rings is 2. The third-order valence-electron chi connectivity index (χ3n) is 6.00. The molecule has 8 heteroatoms. The highest BCUT2D eigenvalue weighted by Gasteiger charge is 2.31. The number of furan rings is 1. The van der Waals surface area contributed by atoms with Gasteiger partial charge in [-0.3, -0.25) is 4.90 Å². The first-order chi connectivity index (χ1) is 16.3. The van der Waals surface area contributed by atoms with E-state index >= 15 is 0 Å². The van der Waals surface area contributed by atoms with Crippen molar-refractivity contribution in [3.63, 3.8) is 0 Å². The summed E-state index contributed by atoms with van der Waals surface area (Å²) >= 11 is 0. The molecule has 0 bridgehead atoms. The molecule has 0 aliphatic carbocycles. The van der Waals surface area contributed by atoms with Crippen molar-refractivity contribution in [3.8, 4) is 5.75 Å². The third kappa shape index (κ3) is 4.75. The highest BCUT2D eigenvalue weighted by Crippen LogP contribution is 2.30. The van der Waals surface area contributed by atoms with Gasteiger partial charge in [0.05, 0.1) is 18.9 Å². The van der Waals surface area contributed by atoms with Gasteiger partial charge in [-0.15, -0.1) is 5.10 Å². The molecule has 2 aromatic carbocycles. The molecule has 3 heterocycles. The minimum absolute atomic E-state index is 0.0661. The molecule has 1 aliphatic rings. The fourth-order valence-corrected chi connectivity index (χ4v) is 4.38. The van der Waals surface area contributed by atoms with Crippen molar-refractivity contribution in [1.29, 1.82) is 0 Å². The zero-order valence-corrected chi connectivity index (χ0v) is 18.7. The SMILES string of the molecule is CCOc1ccc([C@@H](c2nnnn2Cc2ccco2)N2CCN(c3ccccc3)CC2)cc1. The average Bonchev–Trinajstić information content (AvgIpc) is 3.55. The summed E-state index contributed by atoms with van der Waals surface area (Å²) in [5, 5.41) is 12.7. The fourth-order valence-electron chi connectivity index (χ4n) is 4.38. The number of aromatic nitrogens is 4. The van der Waals surface area contributed by atoms with Crippen molar-refractivity contribution in [3.05, 3.63) is 90.1 Å². The molecule has 1 saturated heterocycles. The van der Waals surface area contributed by atoms with Gasteiger partial charge >= 0.3 is 0 Å². The van der Waals surface area contributed by atoms with E-state index in [1.54, 1.807) is 6.26 Å². The lowest BCUT2D eigenvalue weighted by Gasteiger charge is -2.39. The standard InChI is InChI=1S/C25H28N6O2/c1-2-32-22-12-10-20(11-13-22)24(25-26-27-28-31(25)19-23-9-6-18-33-23)30-16-14-29(15-17-30)21-7-4-3-5-8-21/h3-13,18,24H,2,14-17,19H2,1H3/t24-/m0/s1. The summed E-state index contributed by atoms with van der Waals surface area (Å²) in [5.41, 5.74) is 2.40. The van der Waals surface area contributed by atoms with E-state index in [1.165, 1.54) is 5.69 Å². The second-order valence-corrected chi connectivity index (χ2v) is 8.04. The number of piperazine rings is 1. The van der Waals surface area contributed by atoms with E-state index in [9.17, 15) is 0 Å². The van der Waals surface area contributed by atoms with E-state index < -0.39 is 0 Å². The monoisotopic (exact) mass is 444 g/mol. The Labute approximate surface area is 193 Å². The van der Waals surface area contributed by atoms with Crippen molar-refractivity contribution in [2.45, 2.75) is 19.5 Å². The highest BCUT2D eigenvalue weighted by atomic mass is 16.5. The number of hydrogen-bond donors (Lipinski definition) is 0. The molecule has 1 fully saturated rings. The van der Waals surface area contributed by atoms with Crippen LogP contribution in [0.15, 0.2) is 77.4 Å². The molecule has 1 atom stereocenters. The summed E-state index contributed by atoms with van der Waals surface area (Å²) < 4.78 is 13.0. The molecule has 170 valence electrons. The Hall–Kier alpha value is -3.65. The van der Waals surface area contributed by atoms with Crippen LogP contribution in [0.25, 0.3) is 0 Å². The maximum absolute atomic E-state index is 5.66. The number of para-hydroxylation sites is 1. The minimum Gasteiger partial charge on any atom is -0.494 e. The van der Waals surface area contributed by atoms with Crippen LogP contribution in [0, 0.1) is 0 Å². The number of tetrazole rings is 1. The predicted molar refractivity (Wildman–Crippen MR) is 125 cm³/mol. The Balaban J connectivity index is 1.42. The maximum atomic E-state index is 5.66. The Morgan fingerprint density at radius 2 is 1.73 bits per heavy atom. The van der Waals surface area contributed by atoms with Crippen LogP contribution in [0.1, 0.15) is 30.1 Å². The topological polar surface area (TPSA) is 72.4 Å². The van der Waals surface area contributed by atoms with E-state index in [4.69, 9.17) is 9.15 Å². The number of ether oxygens (including phenoxy) is 1. The van der Waals surface area contributed by atoms with Crippen LogP contribution in [0.3, 0.4) is 0 Å². The van der Waals surface area contributed by atoms with Gasteiger partial charge < -0.3 is 14.1 Å². The van der Waals surface area contributed by atoms with Crippen molar-refractivity contribution in [2.24, 2.45) is 0 Å². The Morgan fingerprint density at radius 1 is 0.939 bits per heavy atom. The quantitative estimate of drug-likeness (QED) is 0.411. The number of nitrogens with zero attached hydrogens (tertiary/aromatic N) is 6. The molecule has 0 unspecified atom stereocenters. The molecule has 0 radical (unpaired) electrons. The van der Waals surface area contributed by atoms with Gasteiger partial charge in [-0.25, -0.2) is 4.68 Å². The maximum Gasteiger partial charge on any atom is 0.173 e. The third-order valence-corrected chi connectivity index (χ3v) is 6.00. The number of rotatable bonds is 8. The zero-order chi connectivity index (χ0) is 22.5. The van der Waals surface area contributed by atoms with Crippen molar-refractivity contribution < 1.29 is 9.15 Å². The minimum atomic E-state index is -0.0661. The summed E-state index contributed by atoms with van der Waals surface area (Å²) in [6, 6.07) is 22.6. The second kappa shape index (κ2) is 9.87. The van der Waals surface area contributed by atoms with Gasteiger partial charge in [0.15, 0.2) is 5.82 Å². The van der Waals surface area contributed by atoms with Gasteiger partial charge in [0.25, 0.3) is 0 Å².